The Bertz CT molecular complexity index is 674. The molecule has 0 aliphatic carbocycles. The number of halogens is 1. The number of hydrogen-bond donors (Lipinski definition) is 2. The zero-order valence-corrected chi connectivity index (χ0v) is 13.9. The molecule has 0 bridgehead atoms. The third kappa shape index (κ3) is 5.11. The van der Waals surface area contributed by atoms with Crippen molar-refractivity contribution in [2.75, 3.05) is 6.54 Å². The molecule has 2 N–H and O–H groups in total. The first-order chi connectivity index (χ1) is 11.5. The summed E-state index contributed by atoms with van der Waals surface area (Å²) in [5.41, 5.74) is 3.62. The van der Waals surface area contributed by atoms with Crippen LogP contribution in [0.5, 0.6) is 0 Å². The number of nitrogens with one attached hydrogen (secondary N) is 1. The van der Waals surface area contributed by atoms with E-state index in [2.05, 4.69) is 23.7 Å². The van der Waals surface area contributed by atoms with Crippen molar-refractivity contribution < 1.29 is 14.4 Å². The monoisotopic (exact) mass is 331 g/mol. The van der Waals surface area contributed by atoms with Gasteiger partial charge in [-0.05, 0) is 29.7 Å². The van der Waals surface area contributed by atoms with Crippen molar-refractivity contribution in [3.05, 3.63) is 65.2 Å². The van der Waals surface area contributed by atoms with Gasteiger partial charge in [0.2, 0.25) is 0 Å². The third-order valence-corrected chi connectivity index (χ3v) is 3.60. The highest BCUT2D eigenvalue weighted by Crippen LogP contribution is 2.15. The van der Waals surface area contributed by atoms with Crippen LogP contribution in [-0.2, 0) is 13.1 Å². The van der Waals surface area contributed by atoms with E-state index < -0.39 is 5.91 Å². The molecule has 128 valence electrons. The second kappa shape index (κ2) is 8.52. The van der Waals surface area contributed by atoms with E-state index in [1.807, 2.05) is 12.1 Å². The summed E-state index contributed by atoms with van der Waals surface area (Å²) in [6, 6.07) is 8.67. The van der Waals surface area contributed by atoms with Gasteiger partial charge in [0.15, 0.2) is 0 Å². The molecule has 1 aromatic heterocycles. The lowest BCUT2D eigenvalue weighted by atomic mass is 10.1. The molecule has 0 spiro atoms. The van der Waals surface area contributed by atoms with E-state index in [9.17, 15) is 9.18 Å². The first-order valence-electron chi connectivity index (χ1n) is 7.83. The van der Waals surface area contributed by atoms with Crippen LogP contribution in [0.25, 0.3) is 0 Å². The lowest BCUT2D eigenvalue weighted by Gasteiger charge is -2.24. The molecular weight excluding hydrogens is 309 g/mol. The first kappa shape index (κ1) is 18.0. The van der Waals surface area contributed by atoms with Crippen LogP contribution in [0.15, 0.2) is 42.7 Å². The molecule has 0 atom stereocenters. The van der Waals surface area contributed by atoms with E-state index in [4.69, 9.17) is 5.21 Å². The Kier molecular flexibility index (Phi) is 6.40. The number of hydrogen-bond acceptors (Lipinski definition) is 4. The van der Waals surface area contributed by atoms with Crippen LogP contribution in [0.2, 0.25) is 0 Å². The largest absolute Gasteiger partial charge is 0.294 e. The number of benzene rings is 1. The Morgan fingerprint density at radius 1 is 1.25 bits per heavy atom. The second-order valence-corrected chi connectivity index (χ2v) is 6.17. The number of carbonyl (C=O) groups excluding carboxylic acids is 1. The maximum absolute atomic E-state index is 13.8. The third-order valence-electron chi connectivity index (χ3n) is 3.60. The number of amides is 1. The van der Waals surface area contributed by atoms with Gasteiger partial charge < -0.3 is 0 Å². The van der Waals surface area contributed by atoms with Crippen molar-refractivity contribution in [3.8, 4) is 0 Å². The van der Waals surface area contributed by atoms with Gasteiger partial charge >= 0.3 is 0 Å². The van der Waals surface area contributed by atoms with Crippen molar-refractivity contribution >= 4 is 5.91 Å². The Morgan fingerprint density at radius 2 is 1.96 bits per heavy atom. The Morgan fingerprint density at radius 3 is 2.54 bits per heavy atom. The van der Waals surface area contributed by atoms with Crippen LogP contribution in [-0.4, -0.2) is 27.5 Å². The average molecular weight is 331 g/mol. The van der Waals surface area contributed by atoms with Crippen molar-refractivity contribution in [1.29, 1.82) is 0 Å². The van der Waals surface area contributed by atoms with E-state index in [0.29, 0.717) is 30.1 Å². The molecule has 2 aromatic rings. The van der Waals surface area contributed by atoms with Crippen LogP contribution < -0.4 is 5.48 Å². The number of aromatic nitrogens is 1. The molecule has 0 saturated carbocycles. The summed E-state index contributed by atoms with van der Waals surface area (Å²) in [7, 11) is 0. The van der Waals surface area contributed by atoms with E-state index in [0.717, 1.165) is 12.1 Å². The van der Waals surface area contributed by atoms with Crippen molar-refractivity contribution in [1.82, 2.24) is 15.4 Å². The van der Waals surface area contributed by atoms with Gasteiger partial charge in [0.25, 0.3) is 5.91 Å². The van der Waals surface area contributed by atoms with Crippen LogP contribution in [0.3, 0.4) is 0 Å². The predicted molar refractivity (Wildman–Crippen MR) is 88.8 cm³/mol. The number of carbonyl (C=O) groups is 1. The van der Waals surface area contributed by atoms with Crippen molar-refractivity contribution in [3.63, 3.8) is 0 Å². The standard InChI is InChI=1S/C18H22FN3O2/c1-13(2)10-22(12-16-7-8-20-9-17(16)19)11-14-3-5-15(6-4-14)18(23)21-24/h3-9,13,24H,10-12H2,1-2H3,(H,21,23). The molecule has 1 aromatic carbocycles. The van der Waals surface area contributed by atoms with Crippen molar-refractivity contribution in [2.24, 2.45) is 5.92 Å². The minimum absolute atomic E-state index is 0.304. The van der Waals surface area contributed by atoms with Gasteiger partial charge in [-0.25, -0.2) is 9.87 Å². The Labute approximate surface area is 141 Å². The minimum atomic E-state index is -0.542. The number of pyridine rings is 1. The summed E-state index contributed by atoms with van der Waals surface area (Å²) < 4.78 is 13.8. The highest BCUT2D eigenvalue weighted by atomic mass is 19.1. The zero-order valence-electron chi connectivity index (χ0n) is 13.9. The predicted octanol–water partition coefficient (Wildman–Crippen LogP) is 3.00. The molecule has 5 nitrogen and oxygen atoms in total. The van der Waals surface area contributed by atoms with Crippen LogP contribution in [0, 0.1) is 11.7 Å². The molecule has 0 saturated heterocycles. The molecule has 0 radical (unpaired) electrons. The van der Waals surface area contributed by atoms with Crippen molar-refractivity contribution in [2.45, 2.75) is 26.9 Å². The molecule has 24 heavy (non-hydrogen) atoms. The number of rotatable bonds is 7. The van der Waals surface area contributed by atoms with Gasteiger partial charge in [-0.1, -0.05) is 26.0 Å². The summed E-state index contributed by atoms with van der Waals surface area (Å²) >= 11 is 0. The normalized spacial score (nSPS) is 11.1. The molecule has 1 amide bonds. The van der Waals surface area contributed by atoms with Crippen LogP contribution >= 0.6 is 0 Å². The maximum Gasteiger partial charge on any atom is 0.274 e. The van der Waals surface area contributed by atoms with E-state index in [-0.39, 0.29) is 5.82 Å². The van der Waals surface area contributed by atoms with E-state index in [1.165, 1.54) is 6.20 Å². The molecule has 0 fully saturated rings. The van der Waals surface area contributed by atoms with E-state index in [1.54, 1.807) is 29.9 Å². The fourth-order valence-corrected chi connectivity index (χ4v) is 2.56. The molecule has 0 aliphatic heterocycles. The number of hydroxylamine groups is 1. The fraction of sp³-hybridized carbons (Fsp3) is 0.333. The summed E-state index contributed by atoms with van der Waals surface area (Å²) in [6.07, 6.45) is 2.82. The van der Waals surface area contributed by atoms with Gasteiger partial charge in [0.1, 0.15) is 5.82 Å². The molecule has 6 heteroatoms. The minimum Gasteiger partial charge on any atom is -0.294 e. The molecule has 0 aliphatic rings. The lowest BCUT2D eigenvalue weighted by Crippen LogP contribution is -2.27. The highest BCUT2D eigenvalue weighted by molar-refractivity contribution is 5.93. The van der Waals surface area contributed by atoms with Gasteiger partial charge in [0.05, 0.1) is 6.20 Å². The van der Waals surface area contributed by atoms with E-state index >= 15 is 0 Å². The zero-order chi connectivity index (χ0) is 17.5. The molecule has 0 unspecified atom stereocenters. The summed E-state index contributed by atoms with van der Waals surface area (Å²) in [5.74, 6) is -0.407. The summed E-state index contributed by atoms with van der Waals surface area (Å²) in [5, 5.41) is 8.64. The maximum atomic E-state index is 13.8. The fourth-order valence-electron chi connectivity index (χ4n) is 2.56. The van der Waals surface area contributed by atoms with Crippen LogP contribution in [0.1, 0.15) is 35.3 Å². The lowest BCUT2D eigenvalue weighted by molar-refractivity contribution is 0.0706. The van der Waals surface area contributed by atoms with Gasteiger partial charge in [-0.2, -0.15) is 0 Å². The second-order valence-electron chi connectivity index (χ2n) is 6.17. The summed E-state index contributed by atoms with van der Waals surface area (Å²) in [4.78, 5) is 17.3. The SMILES string of the molecule is CC(C)CN(Cc1ccc(C(=O)NO)cc1)Cc1ccncc1F. The van der Waals surface area contributed by atoms with Gasteiger partial charge in [-0.15, -0.1) is 0 Å². The van der Waals surface area contributed by atoms with Crippen LogP contribution in [0.4, 0.5) is 4.39 Å². The van der Waals surface area contributed by atoms with Gasteiger partial charge in [-0.3, -0.25) is 19.9 Å². The molecule has 2 rings (SSSR count). The average Bonchev–Trinajstić information content (AvgIpc) is 2.56. The smallest absolute Gasteiger partial charge is 0.274 e. The Balaban J connectivity index is 2.11. The highest BCUT2D eigenvalue weighted by Gasteiger charge is 2.12. The first-order valence-corrected chi connectivity index (χ1v) is 7.83. The van der Waals surface area contributed by atoms with Gasteiger partial charge in [0, 0.05) is 37.0 Å². The quantitative estimate of drug-likeness (QED) is 0.605. The molecular formula is C18H22FN3O2. The number of nitrogens with zero attached hydrogens (tertiary/aromatic N) is 2. The molecule has 1 heterocycles. The Hall–Kier alpha value is -2.31. The topological polar surface area (TPSA) is 65.5 Å². The summed E-state index contributed by atoms with van der Waals surface area (Å²) in [6.45, 7) is 6.18.